The van der Waals surface area contributed by atoms with Gasteiger partial charge in [0.1, 0.15) is 5.82 Å². The number of hydrogen-bond acceptors (Lipinski definition) is 2. The van der Waals surface area contributed by atoms with E-state index < -0.39 is 0 Å². The molecule has 3 nitrogen and oxygen atoms in total. The van der Waals surface area contributed by atoms with Crippen molar-refractivity contribution in [2.24, 2.45) is 0 Å². The Hall–Kier alpha value is -1.90. The highest BCUT2D eigenvalue weighted by Crippen LogP contribution is 2.07. The van der Waals surface area contributed by atoms with Crippen molar-refractivity contribution >= 4 is 6.29 Å². The maximum atomic E-state index is 10.4. The highest BCUT2D eigenvalue weighted by Gasteiger charge is 2.00. The summed E-state index contributed by atoms with van der Waals surface area (Å²) in [4.78, 5) is 17.5. The fourth-order valence-electron chi connectivity index (χ4n) is 1.43. The molecule has 1 heterocycles. The second-order valence-corrected chi connectivity index (χ2v) is 3.57. The average molecular weight is 200 g/mol. The third-order valence-electron chi connectivity index (χ3n) is 2.27. The molecular formula is C12H12N2O. The van der Waals surface area contributed by atoms with E-state index in [4.69, 9.17) is 0 Å². The monoisotopic (exact) mass is 200 g/mol. The highest BCUT2D eigenvalue weighted by molar-refractivity contribution is 5.71. The molecule has 2 aromatic rings. The molecule has 0 bridgehead atoms. The summed E-state index contributed by atoms with van der Waals surface area (Å²) in [6.45, 7) is 2.06. The summed E-state index contributed by atoms with van der Waals surface area (Å²) in [5, 5.41) is 0. The largest absolute Gasteiger partial charge is 0.340 e. The van der Waals surface area contributed by atoms with Crippen molar-refractivity contribution in [3.8, 4) is 0 Å². The van der Waals surface area contributed by atoms with E-state index in [0.717, 1.165) is 18.5 Å². The van der Waals surface area contributed by atoms with Gasteiger partial charge in [-0.3, -0.25) is 4.79 Å². The zero-order chi connectivity index (χ0) is 10.7. The van der Waals surface area contributed by atoms with E-state index in [1.807, 2.05) is 0 Å². The zero-order valence-electron chi connectivity index (χ0n) is 8.53. The van der Waals surface area contributed by atoms with Crippen LogP contribution < -0.4 is 0 Å². The molecule has 1 aromatic heterocycles. The first-order valence-electron chi connectivity index (χ1n) is 4.82. The molecule has 0 saturated heterocycles. The van der Waals surface area contributed by atoms with Crippen molar-refractivity contribution in [1.82, 2.24) is 9.97 Å². The van der Waals surface area contributed by atoms with Crippen LogP contribution in [0.15, 0.2) is 30.5 Å². The van der Waals surface area contributed by atoms with E-state index in [-0.39, 0.29) is 0 Å². The van der Waals surface area contributed by atoms with Crippen LogP contribution in [0.25, 0.3) is 0 Å². The molecular weight excluding hydrogens is 188 g/mol. The molecule has 0 amide bonds. The van der Waals surface area contributed by atoms with Crippen molar-refractivity contribution < 1.29 is 4.79 Å². The summed E-state index contributed by atoms with van der Waals surface area (Å²) in [5.41, 5.74) is 2.95. The predicted octanol–water partition coefficient (Wildman–Crippen LogP) is 2.12. The van der Waals surface area contributed by atoms with Gasteiger partial charge in [-0.1, -0.05) is 29.8 Å². The van der Waals surface area contributed by atoms with Crippen LogP contribution in [-0.4, -0.2) is 16.3 Å². The highest BCUT2D eigenvalue weighted by atomic mass is 16.1. The lowest BCUT2D eigenvalue weighted by Crippen LogP contribution is -1.91. The van der Waals surface area contributed by atoms with Crippen LogP contribution in [-0.2, 0) is 6.42 Å². The van der Waals surface area contributed by atoms with E-state index in [1.165, 1.54) is 11.1 Å². The number of aldehydes is 1. The molecule has 0 atom stereocenters. The Kier molecular flexibility index (Phi) is 2.63. The summed E-state index contributed by atoms with van der Waals surface area (Å²) in [5.74, 6) is 0.820. The SMILES string of the molecule is Cc1ccc(Cc2ncc(C=O)[nH]2)cc1. The Morgan fingerprint density at radius 3 is 2.67 bits per heavy atom. The van der Waals surface area contributed by atoms with E-state index in [2.05, 4.69) is 41.2 Å². The van der Waals surface area contributed by atoms with Gasteiger partial charge in [0.2, 0.25) is 0 Å². The smallest absolute Gasteiger partial charge is 0.167 e. The Morgan fingerprint density at radius 1 is 1.33 bits per heavy atom. The molecule has 1 aromatic carbocycles. The van der Waals surface area contributed by atoms with Crippen LogP contribution in [0.1, 0.15) is 27.4 Å². The molecule has 2 rings (SSSR count). The zero-order valence-corrected chi connectivity index (χ0v) is 8.53. The van der Waals surface area contributed by atoms with E-state index >= 15 is 0 Å². The van der Waals surface area contributed by atoms with Gasteiger partial charge in [0.05, 0.1) is 11.9 Å². The van der Waals surface area contributed by atoms with E-state index in [1.54, 1.807) is 6.20 Å². The molecule has 0 aliphatic carbocycles. The number of rotatable bonds is 3. The number of nitrogens with one attached hydrogen (secondary N) is 1. The summed E-state index contributed by atoms with van der Waals surface area (Å²) >= 11 is 0. The minimum atomic E-state index is 0.525. The lowest BCUT2D eigenvalue weighted by atomic mass is 10.1. The number of hydrogen-bond donors (Lipinski definition) is 1. The number of H-pyrrole nitrogens is 1. The average Bonchev–Trinajstić information content (AvgIpc) is 2.69. The van der Waals surface area contributed by atoms with E-state index in [0.29, 0.717) is 5.69 Å². The summed E-state index contributed by atoms with van der Waals surface area (Å²) in [6, 6.07) is 8.27. The lowest BCUT2D eigenvalue weighted by Gasteiger charge is -1.98. The van der Waals surface area contributed by atoms with Gasteiger partial charge in [0, 0.05) is 6.42 Å². The van der Waals surface area contributed by atoms with Gasteiger partial charge in [-0.25, -0.2) is 4.98 Å². The van der Waals surface area contributed by atoms with Gasteiger partial charge in [-0.15, -0.1) is 0 Å². The minimum Gasteiger partial charge on any atom is -0.340 e. The van der Waals surface area contributed by atoms with Gasteiger partial charge >= 0.3 is 0 Å². The van der Waals surface area contributed by atoms with Gasteiger partial charge in [0.15, 0.2) is 6.29 Å². The van der Waals surface area contributed by atoms with E-state index in [9.17, 15) is 4.79 Å². The standard InChI is InChI=1S/C12H12N2O/c1-9-2-4-10(5-3-9)6-12-13-7-11(8-15)14-12/h2-5,7-8H,6H2,1H3,(H,13,14). The molecule has 0 unspecified atom stereocenters. The Bertz CT molecular complexity index is 457. The molecule has 15 heavy (non-hydrogen) atoms. The van der Waals surface area contributed by atoms with Gasteiger partial charge in [-0.2, -0.15) is 0 Å². The van der Waals surface area contributed by atoms with Crippen LogP contribution in [0.2, 0.25) is 0 Å². The molecule has 0 saturated carbocycles. The summed E-state index contributed by atoms with van der Waals surface area (Å²) in [6.07, 6.45) is 3.05. The van der Waals surface area contributed by atoms with Crippen molar-refractivity contribution in [2.45, 2.75) is 13.3 Å². The van der Waals surface area contributed by atoms with Crippen LogP contribution >= 0.6 is 0 Å². The topological polar surface area (TPSA) is 45.8 Å². The first-order chi connectivity index (χ1) is 7.28. The van der Waals surface area contributed by atoms with Gasteiger partial charge in [-0.05, 0) is 12.5 Å². The maximum absolute atomic E-state index is 10.4. The van der Waals surface area contributed by atoms with Crippen molar-refractivity contribution in [1.29, 1.82) is 0 Å². The van der Waals surface area contributed by atoms with Crippen LogP contribution in [0, 0.1) is 6.92 Å². The fourth-order valence-corrected chi connectivity index (χ4v) is 1.43. The van der Waals surface area contributed by atoms with Crippen molar-refractivity contribution in [3.63, 3.8) is 0 Å². The Labute approximate surface area is 88.2 Å². The number of carbonyl (C=O) groups excluding carboxylic acids is 1. The number of aromatic amines is 1. The second kappa shape index (κ2) is 4.09. The molecule has 0 aliphatic heterocycles. The number of carbonyl (C=O) groups is 1. The summed E-state index contributed by atoms with van der Waals surface area (Å²) < 4.78 is 0. The van der Waals surface area contributed by atoms with Crippen molar-refractivity contribution in [3.05, 3.63) is 53.1 Å². The molecule has 0 aliphatic rings. The van der Waals surface area contributed by atoms with Crippen molar-refractivity contribution in [2.75, 3.05) is 0 Å². The molecule has 0 spiro atoms. The quantitative estimate of drug-likeness (QED) is 0.771. The first kappa shape index (κ1) is 9.65. The van der Waals surface area contributed by atoms with Crippen LogP contribution in [0.3, 0.4) is 0 Å². The molecule has 76 valence electrons. The predicted molar refractivity (Wildman–Crippen MR) is 58.0 cm³/mol. The minimum absolute atomic E-state index is 0.525. The lowest BCUT2D eigenvalue weighted by molar-refractivity contribution is 0.111. The molecule has 0 radical (unpaired) electrons. The number of aryl methyl sites for hydroxylation is 1. The Balaban J connectivity index is 2.14. The number of benzene rings is 1. The van der Waals surface area contributed by atoms with Crippen LogP contribution in [0.4, 0.5) is 0 Å². The first-order valence-corrected chi connectivity index (χ1v) is 4.82. The number of imidazole rings is 1. The molecule has 1 N–H and O–H groups in total. The number of nitrogens with zero attached hydrogens (tertiary/aromatic N) is 1. The number of aromatic nitrogens is 2. The second-order valence-electron chi connectivity index (χ2n) is 3.57. The third kappa shape index (κ3) is 2.31. The molecule has 0 fully saturated rings. The third-order valence-corrected chi connectivity index (χ3v) is 2.27. The summed E-state index contributed by atoms with van der Waals surface area (Å²) in [7, 11) is 0. The Morgan fingerprint density at radius 2 is 2.07 bits per heavy atom. The maximum Gasteiger partial charge on any atom is 0.167 e. The van der Waals surface area contributed by atoms with Gasteiger partial charge < -0.3 is 4.98 Å². The van der Waals surface area contributed by atoms with Crippen LogP contribution in [0.5, 0.6) is 0 Å². The normalized spacial score (nSPS) is 10.2. The van der Waals surface area contributed by atoms with Gasteiger partial charge in [0.25, 0.3) is 0 Å². The molecule has 3 heteroatoms. The fraction of sp³-hybridized carbons (Fsp3) is 0.167.